The molecular formula is C17H31BrO4. The average Bonchev–Trinajstić information content (AvgIpc) is 2.44. The summed E-state index contributed by atoms with van der Waals surface area (Å²) in [6.45, 7) is 8.79. The number of allylic oxidation sites excluding steroid dienone is 2. The van der Waals surface area contributed by atoms with Crippen LogP contribution in [-0.4, -0.2) is 30.5 Å². The molecule has 0 saturated carbocycles. The first kappa shape index (κ1) is 21.6. The first-order valence-electron chi connectivity index (χ1n) is 8.03. The fourth-order valence-electron chi connectivity index (χ4n) is 1.92. The maximum Gasteiger partial charge on any atom is 0.305 e. The second kappa shape index (κ2) is 12.1. The Morgan fingerprint density at radius 3 is 2.64 bits per heavy atom. The lowest BCUT2D eigenvalue weighted by molar-refractivity contribution is -0.178. The Labute approximate surface area is 143 Å². The molecule has 0 amide bonds. The van der Waals surface area contributed by atoms with Gasteiger partial charge in [0.1, 0.15) is 0 Å². The zero-order chi connectivity index (χ0) is 17.0. The van der Waals surface area contributed by atoms with Crippen LogP contribution in [0.1, 0.15) is 66.2 Å². The third-order valence-corrected chi connectivity index (χ3v) is 3.70. The SMILES string of the molecule is CCCCOC(C)(Br)OC(C)CCC=C(C)CCC(=O)OC. The second-order valence-electron chi connectivity index (χ2n) is 5.67. The second-order valence-corrected chi connectivity index (χ2v) is 7.11. The quantitative estimate of drug-likeness (QED) is 0.158. The highest BCUT2D eigenvalue weighted by atomic mass is 79.9. The van der Waals surface area contributed by atoms with Gasteiger partial charge < -0.3 is 14.2 Å². The summed E-state index contributed by atoms with van der Waals surface area (Å²) < 4.78 is 15.5. The van der Waals surface area contributed by atoms with Crippen molar-refractivity contribution in [2.45, 2.75) is 77.0 Å². The Balaban J connectivity index is 3.96. The molecule has 0 aromatic heterocycles. The molecule has 130 valence electrons. The maximum absolute atomic E-state index is 11.1. The highest BCUT2D eigenvalue weighted by Crippen LogP contribution is 2.24. The minimum absolute atomic E-state index is 0.0932. The third-order valence-electron chi connectivity index (χ3n) is 3.29. The van der Waals surface area contributed by atoms with Gasteiger partial charge in [0.25, 0.3) is 0 Å². The van der Waals surface area contributed by atoms with Gasteiger partial charge in [-0.2, -0.15) is 0 Å². The lowest BCUT2D eigenvalue weighted by atomic mass is 10.1. The van der Waals surface area contributed by atoms with Crippen LogP contribution in [0.2, 0.25) is 0 Å². The van der Waals surface area contributed by atoms with Gasteiger partial charge >= 0.3 is 5.97 Å². The average molecular weight is 379 g/mol. The molecule has 22 heavy (non-hydrogen) atoms. The molecule has 0 heterocycles. The zero-order valence-corrected chi connectivity index (χ0v) is 16.2. The van der Waals surface area contributed by atoms with E-state index in [1.807, 2.05) is 20.8 Å². The van der Waals surface area contributed by atoms with Crippen molar-refractivity contribution in [1.82, 2.24) is 0 Å². The van der Waals surface area contributed by atoms with E-state index in [9.17, 15) is 4.79 Å². The number of rotatable bonds is 12. The number of methoxy groups -OCH3 is 1. The van der Waals surface area contributed by atoms with Crippen LogP contribution in [0.3, 0.4) is 0 Å². The van der Waals surface area contributed by atoms with Crippen molar-refractivity contribution in [3.05, 3.63) is 11.6 Å². The summed E-state index contributed by atoms with van der Waals surface area (Å²) in [5, 5.41) is 0. The standard InChI is InChI=1S/C17H31BrO4/c1-6-7-13-21-17(4,18)22-15(3)10-8-9-14(2)11-12-16(19)20-5/h9,15H,6-8,10-13H2,1-5H3. The summed E-state index contributed by atoms with van der Waals surface area (Å²) in [4.78, 5) is 11.1. The highest BCUT2D eigenvalue weighted by Gasteiger charge is 2.23. The van der Waals surface area contributed by atoms with Gasteiger partial charge in [0.15, 0.2) is 0 Å². The van der Waals surface area contributed by atoms with E-state index in [2.05, 4.69) is 33.7 Å². The number of ether oxygens (including phenoxy) is 3. The van der Waals surface area contributed by atoms with Gasteiger partial charge in [-0.3, -0.25) is 4.79 Å². The first-order valence-corrected chi connectivity index (χ1v) is 8.83. The molecule has 2 unspecified atom stereocenters. The molecular weight excluding hydrogens is 348 g/mol. The number of carbonyl (C=O) groups excluding carboxylic acids is 1. The highest BCUT2D eigenvalue weighted by molar-refractivity contribution is 9.10. The van der Waals surface area contributed by atoms with Gasteiger partial charge in [-0.1, -0.05) is 25.0 Å². The number of hydrogen-bond acceptors (Lipinski definition) is 4. The van der Waals surface area contributed by atoms with E-state index in [0.717, 1.165) is 32.1 Å². The summed E-state index contributed by atoms with van der Waals surface area (Å²) in [6, 6.07) is 0. The summed E-state index contributed by atoms with van der Waals surface area (Å²) in [5.74, 6) is -0.163. The molecule has 0 spiro atoms. The lowest BCUT2D eigenvalue weighted by Gasteiger charge is -2.27. The van der Waals surface area contributed by atoms with Crippen molar-refractivity contribution in [2.24, 2.45) is 0 Å². The van der Waals surface area contributed by atoms with E-state index in [1.165, 1.54) is 12.7 Å². The van der Waals surface area contributed by atoms with Crippen LogP contribution in [0, 0.1) is 0 Å². The van der Waals surface area contributed by atoms with Crippen LogP contribution < -0.4 is 0 Å². The van der Waals surface area contributed by atoms with Crippen LogP contribution in [0.15, 0.2) is 11.6 Å². The van der Waals surface area contributed by atoms with Gasteiger partial charge in [0.2, 0.25) is 4.70 Å². The Bertz CT molecular complexity index is 340. The molecule has 0 aromatic rings. The lowest BCUT2D eigenvalue weighted by Crippen LogP contribution is -2.29. The molecule has 0 saturated heterocycles. The minimum Gasteiger partial charge on any atom is -0.469 e. The molecule has 0 radical (unpaired) electrons. The molecule has 0 aliphatic carbocycles. The van der Waals surface area contributed by atoms with Crippen LogP contribution in [0.5, 0.6) is 0 Å². The number of halogens is 1. The van der Waals surface area contributed by atoms with E-state index in [4.69, 9.17) is 9.47 Å². The normalized spacial score (nSPS) is 16.2. The predicted octanol–water partition coefficient (Wildman–Crippen LogP) is 4.96. The fraction of sp³-hybridized carbons (Fsp3) is 0.824. The summed E-state index contributed by atoms with van der Waals surface area (Å²) in [7, 11) is 1.42. The molecule has 0 aromatic carbocycles. The van der Waals surface area contributed by atoms with Crippen molar-refractivity contribution in [2.75, 3.05) is 13.7 Å². The van der Waals surface area contributed by atoms with Crippen molar-refractivity contribution in [3.8, 4) is 0 Å². The minimum atomic E-state index is -0.717. The smallest absolute Gasteiger partial charge is 0.305 e. The van der Waals surface area contributed by atoms with E-state index in [0.29, 0.717) is 13.0 Å². The Kier molecular flexibility index (Phi) is 11.9. The van der Waals surface area contributed by atoms with E-state index in [1.54, 1.807) is 0 Å². The molecule has 0 rings (SSSR count). The third kappa shape index (κ3) is 12.2. The number of carbonyl (C=O) groups is 1. The molecule has 4 nitrogen and oxygen atoms in total. The van der Waals surface area contributed by atoms with Gasteiger partial charge in [-0.05, 0) is 55.5 Å². The van der Waals surface area contributed by atoms with Crippen LogP contribution in [-0.2, 0) is 19.0 Å². The van der Waals surface area contributed by atoms with Gasteiger partial charge in [0.05, 0.1) is 19.8 Å². The van der Waals surface area contributed by atoms with E-state index >= 15 is 0 Å². The van der Waals surface area contributed by atoms with Crippen molar-refractivity contribution < 1.29 is 19.0 Å². The maximum atomic E-state index is 11.1. The Morgan fingerprint density at radius 2 is 2.05 bits per heavy atom. The van der Waals surface area contributed by atoms with Crippen LogP contribution in [0.25, 0.3) is 0 Å². The van der Waals surface area contributed by atoms with E-state index in [-0.39, 0.29) is 12.1 Å². The fourth-order valence-corrected chi connectivity index (χ4v) is 2.40. The van der Waals surface area contributed by atoms with Crippen LogP contribution in [0.4, 0.5) is 0 Å². The summed E-state index contributed by atoms with van der Waals surface area (Å²) in [6.07, 6.45) is 7.41. The van der Waals surface area contributed by atoms with Gasteiger partial charge in [-0.25, -0.2) is 0 Å². The summed E-state index contributed by atoms with van der Waals surface area (Å²) in [5.41, 5.74) is 1.21. The van der Waals surface area contributed by atoms with E-state index < -0.39 is 4.70 Å². The molecule has 0 fully saturated rings. The monoisotopic (exact) mass is 378 g/mol. The van der Waals surface area contributed by atoms with Crippen molar-refractivity contribution in [1.29, 1.82) is 0 Å². The first-order chi connectivity index (χ1) is 10.3. The Morgan fingerprint density at radius 1 is 1.36 bits per heavy atom. The predicted molar refractivity (Wildman–Crippen MR) is 93.0 cm³/mol. The number of esters is 1. The van der Waals surface area contributed by atoms with Crippen LogP contribution >= 0.6 is 15.9 Å². The largest absolute Gasteiger partial charge is 0.469 e. The summed E-state index contributed by atoms with van der Waals surface area (Å²) >= 11 is 3.47. The molecule has 0 bridgehead atoms. The zero-order valence-electron chi connectivity index (χ0n) is 14.6. The molecule has 0 aliphatic rings. The van der Waals surface area contributed by atoms with Crippen molar-refractivity contribution >= 4 is 21.9 Å². The van der Waals surface area contributed by atoms with Gasteiger partial charge in [-0.15, -0.1) is 0 Å². The number of unbranched alkanes of at least 4 members (excludes halogenated alkanes) is 1. The number of alkyl halides is 1. The molecule has 0 N–H and O–H groups in total. The molecule has 2 atom stereocenters. The molecule has 0 aliphatic heterocycles. The van der Waals surface area contributed by atoms with Crippen molar-refractivity contribution in [3.63, 3.8) is 0 Å². The topological polar surface area (TPSA) is 44.8 Å². The Hall–Kier alpha value is -0.390. The molecule has 5 heteroatoms. The number of hydrogen-bond donors (Lipinski definition) is 0. The van der Waals surface area contributed by atoms with Gasteiger partial charge in [0, 0.05) is 13.3 Å².